The van der Waals surface area contributed by atoms with Crippen molar-refractivity contribution in [3.63, 3.8) is 0 Å². The van der Waals surface area contributed by atoms with Crippen molar-refractivity contribution in [2.75, 3.05) is 26.2 Å². The highest BCUT2D eigenvalue weighted by atomic mass is 32.2. The molecule has 0 amide bonds. The standard InChI is InChI=1S/C16H27N3O2S/c1-3-10-17-22(20,21)18-13-16(19-11-4-5-12-19)15-8-6-14(2)7-9-15/h6-9,16-18H,3-5,10-13H2,1-2H3. The maximum absolute atomic E-state index is 12.0. The maximum Gasteiger partial charge on any atom is 0.276 e. The monoisotopic (exact) mass is 325 g/mol. The number of hydrogen-bond acceptors (Lipinski definition) is 3. The fraction of sp³-hybridized carbons (Fsp3) is 0.625. The van der Waals surface area contributed by atoms with E-state index in [0.717, 1.165) is 19.5 Å². The fourth-order valence-electron chi connectivity index (χ4n) is 2.78. The SMILES string of the molecule is CCCNS(=O)(=O)NCC(c1ccc(C)cc1)N1CCCC1. The van der Waals surface area contributed by atoms with Gasteiger partial charge in [-0.25, -0.2) is 9.44 Å². The topological polar surface area (TPSA) is 61.4 Å². The minimum absolute atomic E-state index is 0.0984. The van der Waals surface area contributed by atoms with E-state index in [-0.39, 0.29) is 6.04 Å². The van der Waals surface area contributed by atoms with Gasteiger partial charge in [0.05, 0.1) is 0 Å². The maximum atomic E-state index is 12.0. The van der Waals surface area contributed by atoms with Crippen LogP contribution in [0, 0.1) is 6.92 Å². The molecule has 1 aromatic rings. The molecule has 1 atom stereocenters. The number of aryl methyl sites for hydroxylation is 1. The first-order chi connectivity index (χ1) is 10.5. The van der Waals surface area contributed by atoms with Crippen LogP contribution in [0.25, 0.3) is 0 Å². The molecular formula is C16H27N3O2S. The average Bonchev–Trinajstić information content (AvgIpc) is 3.01. The molecule has 0 saturated carbocycles. The predicted octanol–water partition coefficient (Wildman–Crippen LogP) is 1.97. The van der Waals surface area contributed by atoms with Crippen LogP contribution in [0.3, 0.4) is 0 Å². The third-order valence-electron chi connectivity index (χ3n) is 4.05. The molecule has 1 aliphatic heterocycles. The van der Waals surface area contributed by atoms with Gasteiger partial charge in [0.25, 0.3) is 10.2 Å². The highest BCUT2D eigenvalue weighted by Gasteiger charge is 2.24. The van der Waals surface area contributed by atoms with Gasteiger partial charge in [-0.2, -0.15) is 8.42 Å². The number of nitrogens with zero attached hydrogens (tertiary/aromatic N) is 1. The molecule has 5 nitrogen and oxygen atoms in total. The molecule has 1 saturated heterocycles. The van der Waals surface area contributed by atoms with E-state index in [2.05, 4.69) is 45.5 Å². The van der Waals surface area contributed by atoms with E-state index < -0.39 is 10.2 Å². The number of hydrogen-bond donors (Lipinski definition) is 2. The van der Waals surface area contributed by atoms with E-state index in [1.54, 1.807) is 0 Å². The Labute approximate surface area is 134 Å². The second-order valence-corrected chi connectivity index (χ2v) is 7.50. The zero-order valence-electron chi connectivity index (χ0n) is 13.5. The summed E-state index contributed by atoms with van der Waals surface area (Å²) in [6, 6.07) is 8.48. The molecule has 124 valence electrons. The van der Waals surface area contributed by atoms with Crippen LogP contribution in [0.5, 0.6) is 0 Å². The molecule has 0 aromatic heterocycles. The Kier molecular flexibility index (Phi) is 6.37. The number of nitrogens with one attached hydrogen (secondary N) is 2. The van der Waals surface area contributed by atoms with Crippen molar-refractivity contribution in [3.8, 4) is 0 Å². The molecule has 1 heterocycles. The van der Waals surface area contributed by atoms with Gasteiger partial charge in [-0.15, -0.1) is 0 Å². The van der Waals surface area contributed by atoms with Crippen LogP contribution < -0.4 is 9.44 Å². The van der Waals surface area contributed by atoms with Crippen molar-refractivity contribution in [1.29, 1.82) is 0 Å². The van der Waals surface area contributed by atoms with Crippen LogP contribution in [0.4, 0.5) is 0 Å². The Hall–Kier alpha value is -0.950. The van der Waals surface area contributed by atoms with Crippen molar-refractivity contribution in [2.24, 2.45) is 0 Å². The summed E-state index contributed by atoms with van der Waals surface area (Å²) in [5, 5.41) is 0. The Bertz CT molecular complexity index is 551. The molecular weight excluding hydrogens is 298 g/mol. The Morgan fingerprint density at radius 1 is 1.14 bits per heavy atom. The van der Waals surface area contributed by atoms with Crippen molar-refractivity contribution in [2.45, 2.75) is 39.2 Å². The van der Waals surface area contributed by atoms with Crippen molar-refractivity contribution in [3.05, 3.63) is 35.4 Å². The van der Waals surface area contributed by atoms with Gasteiger partial charge in [-0.05, 0) is 44.8 Å². The quantitative estimate of drug-likeness (QED) is 0.768. The second-order valence-electron chi connectivity index (χ2n) is 5.92. The molecule has 1 unspecified atom stereocenters. The van der Waals surface area contributed by atoms with Crippen LogP contribution in [0.2, 0.25) is 0 Å². The first-order valence-corrected chi connectivity index (χ1v) is 9.55. The molecule has 2 N–H and O–H groups in total. The smallest absolute Gasteiger partial charge is 0.276 e. The molecule has 0 aliphatic carbocycles. The van der Waals surface area contributed by atoms with Crippen molar-refractivity contribution in [1.82, 2.24) is 14.3 Å². The first-order valence-electron chi connectivity index (χ1n) is 8.06. The van der Waals surface area contributed by atoms with Crippen LogP contribution in [0.15, 0.2) is 24.3 Å². The third-order valence-corrected chi connectivity index (χ3v) is 5.18. The molecule has 1 aromatic carbocycles. The highest BCUT2D eigenvalue weighted by molar-refractivity contribution is 7.87. The van der Waals surface area contributed by atoms with E-state index in [4.69, 9.17) is 0 Å². The van der Waals surface area contributed by atoms with Gasteiger partial charge in [0.2, 0.25) is 0 Å². The lowest BCUT2D eigenvalue weighted by molar-refractivity contribution is 0.246. The molecule has 6 heteroatoms. The van der Waals surface area contributed by atoms with Gasteiger partial charge in [-0.1, -0.05) is 36.8 Å². The van der Waals surface area contributed by atoms with Crippen LogP contribution in [-0.4, -0.2) is 39.5 Å². The van der Waals surface area contributed by atoms with E-state index >= 15 is 0 Å². The highest BCUT2D eigenvalue weighted by Crippen LogP contribution is 2.25. The number of rotatable bonds is 8. The van der Waals surface area contributed by atoms with Gasteiger partial charge < -0.3 is 0 Å². The first kappa shape index (κ1) is 17.4. The van der Waals surface area contributed by atoms with Crippen molar-refractivity contribution >= 4 is 10.2 Å². The van der Waals surface area contributed by atoms with Gasteiger partial charge in [0, 0.05) is 19.1 Å². The summed E-state index contributed by atoms with van der Waals surface area (Å²) < 4.78 is 29.2. The van der Waals surface area contributed by atoms with Gasteiger partial charge in [0.1, 0.15) is 0 Å². The summed E-state index contributed by atoms with van der Waals surface area (Å²) in [5.41, 5.74) is 2.39. The summed E-state index contributed by atoms with van der Waals surface area (Å²) in [4.78, 5) is 2.37. The molecule has 0 spiro atoms. The van der Waals surface area contributed by atoms with Gasteiger partial charge in [0.15, 0.2) is 0 Å². The van der Waals surface area contributed by atoms with Gasteiger partial charge >= 0.3 is 0 Å². The lowest BCUT2D eigenvalue weighted by Gasteiger charge is -2.28. The largest absolute Gasteiger partial charge is 0.295 e. The van der Waals surface area contributed by atoms with E-state index in [1.807, 2.05) is 6.92 Å². The van der Waals surface area contributed by atoms with Crippen LogP contribution >= 0.6 is 0 Å². The normalized spacial score (nSPS) is 17.7. The second kappa shape index (κ2) is 8.06. The molecule has 0 bridgehead atoms. The molecule has 0 radical (unpaired) electrons. The zero-order chi connectivity index (χ0) is 16.0. The Morgan fingerprint density at radius 3 is 2.36 bits per heavy atom. The summed E-state index contributed by atoms with van der Waals surface area (Å²) in [7, 11) is -3.41. The number of likely N-dealkylation sites (tertiary alicyclic amines) is 1. The summed E-state index contributed by atoms with van der Waals surface area (Å²) >= 11 is 0. The lowest BCUT2D eigenvalue weighted by Crippen LogP contribution is -2.42. The number of benzene rings is 1. The fourth-order valence-corrected chi connectivity index (χ4v) is 3.73. The summed E-state index contributed by atoms with van der Waals surface area (Å²) in [5.74, 6) is 0. The predicted molar refractivity (Wildman–Crippen MR) is 89.9 cm³/mol. The zero-order valence-corrected chi connectivity index (χ0v) is 14.3. The Morgan fingerprint density at radius 2 is 1.77 bits per heavy atom. The van der Waals surface area contributed by atoms with E-state index in [0.29, 0.717) is 13.1 Å². The van der Waals surface area contributed by atoms with E-state index in [9.17, 15) is 8.42 Å². The third kappa shape index (κ3) is 5.05. The van der Waals surface area contributed by atoms with Crippen LogP contribution in [0.1, 0.15) is 43.4 Å². The average molecular weight is 325 g/mol. The van der Waals surface area contributed by atoms with Gasteiger partial charge in [-0.3, -0.25) is 4.90 Å². The molecule has 1 aliphatic rings. The minimum atomic E-state index is -3.41. The minimum Gasteiger partial charge on any atom is -0.295 e. The summed E-state index contributed by atoms with van der Waals surface area (Å²) in [6.45, 7) is 6.94. The lowest BCUT2D eigenvalue weighted by atomic mass is 10.0. The molecule has 1 fully saturated rings. The molecule has 22 heavy (non-hydrogen) atoms. The van der Waals surface area contributed by atoms with Crippen molar-refractivity contribution < 1.29 is 8.42 Å². The van der Waals surface area contributed by atoms with E-state index in [1.165, 1.54) is 24.0 Å². The van der Waals surface area contributed by atoms with Crippen LogP contribution in [-0.2, 0) is 10.2 Å². The summed E-state index contributed by atoms with van der Waals surface area (Å²) in [6.07, 6.45) is 3.15. The Balaban J connectivity index is 2.06. The molecule has 2 rings (SSSR count).